The van der Waals surface area contributed by atoms with Crippen LogP contribution in [0.5, 0.6) is 0 Å². The molecule has 3 aromatic rings. The van der Waals surface area contributed by atoms with Crippen molar-refractivity contribution < 1.29 is 9.59 Å². The van der Waals surface area contributed by atoms with Gasteiger partial charge in [0, 0.05) is 21.7 Å². The van der Waals surface area contributed by atoms with Crippen LogP contribution in [0.2, 0.25) is 0 Å². The molecule has 0 aliphatic rings. The molecule has 3 rings (SSSR count). The minimum absolute atomic E-state index is 0.111. The summed E-state index contributed by atoms with van der Waals surface area (Å²) in [5.41, 5.74) is 6.22. The molecule has 0 saturated heterocycles. The zero-order valence-electron chi connectivity index (χ0n) is 15.6. The van der Waals surface area contributed by atoms with Crippen LogP contribution in [-0.4, -0.2) is 34.3 Å². The number of amides is 2. The van der Waals surface area contributed by atoms with Gasteiger partial charge in [0.1, 0.15) is 4.88 Å². The number of carbonyl (C=O) groups excluding carboxylic acids is 2. The number of rotatable bonds is 6. The van der Waals surface area contributed by atoms with Crippen LogP contribution < -0.4 is 16.4 Å². The maximum absolute atomic E-state index is 12.5. The number of nitrogens with zero attached hydrogens (tertiary/aromatic N) is 1. The summed E-state index contributed by atoms with van der Waals surface area (Å²) in [6.07, 6.45) is 3.45. The molecule has 4 N–H and O–H groups in total. The van der Waals surface area contributed by atoms with Crippen LogP contribution in [0.15, 0.2) is 30.5 Å². The van der Waals surface area contributed by atoms with E-state index in [1.165, 1.54) is 17.5 Å². The average Bonchev–Trinajstić information content (AvgIpc) is 3.25. The largest absolute Gasteiger partial charge is 0.375 e. The van der Waals surface area contributed by atoms with Gasteiger partial charge in [-0.05, 0) is 49.8 Å². The molecule has 1 atom stereocenters. The van der Waals surface area contributed by atoms with Gasteiger partial charge in [-0.25, -0.2) is 4.98 Å². The number of anilines is 2. The maximum Gasteiger partial charge on any atom is 0.267 e. The van der Waals surface area contributed by atoms with Crippen LogP contribution in [-0.2, 0) is 20.6 Å². The van der Waals surface area contributed by atoms with Gasteiger partial charge in [0.25, 0.3) is 11.8 Å². The van der Waals surface area contributed by atoms with E-state index in [1.54, 1.807) is 0 Å². The maximum atomic E-state index is 12.5. The molecule has 2 amide bonds. The number of carbonyl (C=O) groups is 2. The fourth-order valence-electron chi connectivity index (χ4n) is 2.30. The van der Waals surface area contributed by atoms with Crippen molar-refractivity contribution in [3.63, 3.8) is 0 Å². The molecule has 148 valence electrons. The molecular formula is C18H20N4O2S4. The van der Waals surface area contributed by atoms with Crippen molar-refractivity contribution in [3.05, 3.63) is 40.2 Å². The number of hydrogen-bond acceptors (Lipinski definition) is 7. The zero-order valence-corrected chi connectivity index (χ0v) is 18.8. The lowest BCUT2D eigenvalue weighted by Crippen LogP contribution is -2.40. The average molecular weight is 453 g/mol. The van der Waals surface area contributed by atoms with E-state index in [-0.39, 0.29) is 26.0 Å². The van der Waals surface area contributed by atoms with Crippen LogP contribution in [0.25, 0.3) is 10.1 Å². The summed E-state index contributed by atoms with van der Waals surface area (Å²) >= 11 is 7.91. The van der Waals surface area contributed by atoms with Gasteiger partial charge in [-0.15, -0.1) is 20.8 Å². The number of aromatic nitrogens is 1. The fraction of sp³-hybridized carbons (Fsp3) is 0.278. The minimum Gasteiger partial charge on any atom is -0.375 e. The lowest BCUT2D eigenvalue weighted by atomic mass is 10.2. The topological polar surface area (TPSA) is 97.1 Å². The van der Waals surface area contributed by atoms with E-state index in [2.05, 4.69) is 29.5 Å². The molecule has 0 aliphatic carbocycles. The molecule has 10 heteroatoms. The monoisotopic (exact) mass is 452 g/mol. The van der Waals surface area contributed by atoms with Crippen molar-refractivity contribution in [2.45, 2.75) is 18.6 Å². The third kappa shape index (κ3) is 4.75. The molecule has 0 fully saturated rings. The van der Waals surface area contributed by atoms with Gasteiger partial charge in [-0.1, -0.05) is 22.5 Å². The van der Waals surface area contributed by atoms with Gasteiger partial charge in [-0.2, -0.15) is 0 Å². The van der Waals surface area contributed by atoms with Crippen molar-refractivity contribution in [2.75, 3.05) is 23.9 Å². The fourth-order valence-corrected chi connectivity index (χ4v) is 4.29. The predicted molar refractivity (Wildman–Crippen MR) is 123 cm³/mol. The second kappa shape index (κ2) is 8.24. The molecule has 2 heterocycles. The number of nitrogen functional groups attached to an aromatic ring is 1. The highest BCUT2D eigenvalue weighted by Crippen LogP contribution is 2.29. The number of nitrogens with two attached hydrogens (primary N) is 1. The summed E-state index contributed by atoms with van der Waals surface area (Å²) in [4.78, 5) is 29.7. The zero-order chi connectivity index (χ0) is 20.5. The molecule has 1 aromatic carbocycles. The molecule has 28 heavy (non-hydrogen) atoms. The van der Waals surface area contributed by atoms with E-state index in [4.69, 9.17) is 16.9 Å². The van der Waals surface area contributed by atoms with Crippen molar-refractivity contribution in [2.24, 2.45) is 0 Å². The molecular weight excluding hydrogens is 432 g/mol. The normalized spacial score (nSPS) is 12.7. The first-order valence-corrected chi connectivity index (χ1v) is 12.5. The second-order valence-electron chi connectivity index (χ2n) is 6.78. The minimum atomic E-state index is -0.261. The number of thiazole rings is 1. The Balaban J connectivity index is 1.72. The number of nitrogens with one attached hydrogen (secondary N) is 2. The first kappa shape index (κ1) is 20.8. The Hall–Kier alpha value is -1.88. The summed E-state index contributed by atoms with van der Waals surface area (Å²) in [6, 6.07) is 7.39. The Morgan fingerprint density at radius 3 is 2.61 bits per heavy atom. The van der Waals surface area contributed by atoms with Gasteiger partial charge in [0.2, 0.25) is 0 Å². The van der Waals surface area contributed by atoms with Crippen molar-refractivity contribution in [1.29, 1.82) is 0 Å². The predicted octanol–water partition coefficient (Wildman–Crippen LogP) is 3.41. The van der Waals surface area contributed by atoms with E-state index in [0.717, 1.165) is 21.4 Å². The van der Waals surface area contributed by atoms with Gasteiger partial charge in [-0.3, -0.25) is 9.59 Å². The Kier molecular flexibility index (Phi) is 6.13. The van der Waals surface area contributed by atoms with Gasteiger partial charge < -0.3 is 16.4 Å². The SMILES string of the molecule is CS(=S)C(C)(C)CNC(=O)c1cc2cc(NC(=O)c3cnc(N)s3)ccc2s1. The first-order chi connectivity index (χ1) is 13.2. The number of thiophene rings is 1. The molecule has 0 spiro atoms. The standard InChI is InChI=1S/C18H20N4O2S4/c1-18(2,28(3)25)9-21-15(23)13-7-10-6-11(4-5-12(10)26-13)22-16(24)14-8-20-17(19)27-14/h4-8H,9H2,1-3H3,(H2,19,20)(H,21,23)(H,22,24). The number of benzene rings is 1. The third-order valence-corrected chi connectivity index (χ3v) is 9.19. The van der Waals surface area contributed by atoms with Crippen molar-refractivity contribution in [1.82, 2.24) is 10.3 Å². The van der Waals surface area contributed by atoms with E-state index in [0.29, 0.717) is 27.1 Å². The molecule has 6 nitrogen and oxygen atoms in total. The van der Waals surface area contributed by atoms with Crippen LogP contribution in [0.3, 0.4) is 0 Å². The van der Waals surface area contributed by atoms with Crippen molar-refractivity contribution >= 4 is 76.0 Å². The Morgan fingerprint density at radius 2 is 1.96 bits per heavy atom. The highest BCUT2D eigenvalue weighted by molar-refractivity contribution is 8.29. The molecule has 0 bridgehead atoms. The van der Waals surface area contributed by atoms with Gasteiger partial charge >= 0.3 is 0 Å². The van der Waals surface area contributed by atoms with E-state index >= 15 is 0 Å². The lowest BCUT2D eigenvalue weighted by molar-refractivity contribution is 0.0954. The van der Waals surface area contributed by atoms with Gasteiger partial charge in [0.05, 0.1) is 11.1 Å². The number of hydrogen-bond donors (Lipinski definition) is 3. The van der Waals surface area contributed by atoms with E-state index < -0.39 is 0 Å². The number of fused-ring (bicyclic) bond motifs is 1. The lowest BCUT2D eigenvalue weighted by Gasteiger charge is -2.24. The summed E-state index contributed by atoms with van der Waals surface area (Å²) in [5, 5.41) is 7.05. The molecule has 0 saturated carbocycles. The highest BCUT2D eigenvalue weighted by atomic mass is 32.8. The van der Waals surface area contributed by atoms with Crippen LogP contribution in [0, 0.1) is 0 Å². The van der Waals surface area contributed by atoms with E-state index in [1.807, 2.05) is 30.5 Å². The summed E-state index contributed by atoms with van der Waals surface area (Å²) < 4.78 is 0.849. The second-order valence-corrected chi connectivity index (χ2v) is 12.4. The Morgan fingerprint density at radius 1 is 1.21 bits per heavy atom. The molecule has 0 aliphatic heterocycles. The Bertz CT molecular complexity index is 1070. The van der Waals surface area contributed by atoms with Crippen LogP contribution in [0.1, 0.15) is 33.2 Å². The molecule has 0 radical (unpaired) electrons. The van der Waals surface area contributed by atoms with Gasteiger partial charge in [0.15, 0.2) is 5.13 Å². The summed E-state index contributed by atoms with van der Waals surface area (Å²) in [6.45, 7) is 4.64. The smallest absolute Gasteiger partial charge is 0.267 e. The van der Waals surface area contributed by atoms with Crippen LogP contribution in [0.4, 0.5) is 10.8 Å². The summed E-state index contributed by atoms with van der Waals surface area (Å²) in [7, 11) is -0.216. The molecule has 2 aromatic heterocycles. The quantitative estimate of drug-likeness (QED) is 0.532. The third-order valence-electron chi connectivity index (χ3n) is 4.20. The Labute approximate surface area is 178 Å². The van der Waals surface area contributed by atoms with Crippen LogP contribution >= 0.6 is 22.7 Å². The highest BCUT2D eigenvalue weighted by Gasteiger charge is 2.21. The van der Waals surface area contributed by atoms with Crippen molar-refractivity contribution in [3.8, 4) is 0 Å². The summed E-state index contributed by atoms with van der Waals surface area (Å²) in [5.74, 6) is -0.372. The van der Waals surface area contributed by atoms with E-state index in [9.17, 15) is 9.59 Å². The first-order valence-electron chi connectivity index (χ1n) is 8.34. The molecule has 1 unspecified atom stereocenters.